The Morgan fingerprint density at radius 3 is 2.25 bits per heavy atom. The molecule has 0 aliphatic rings. The summed E-state index contributed by atoms with van der Waals surface area (Å²) in [5.41, 5.74) is 0. The van der Waals surface area contributed by atoms with Crippen LogP contribution in [0.25, 0.3) is 0 Å². The molecule has 0 aromatic heterocycles. The molecule has 0 heterocycles. The molecule has 70 valence electrons. The van der Waals surface area contributed by atoms with Gasteiger partial charge in [-0.15, -0.1) is 6.42 Å². The second-order valence-corrected chi connectivity index (χ2v) is 1.39. The highest BCUT2D eigenvalue weighted by Gasteiger charge is 1.94. The minimum Gasteiger partial charge on any atom is -0.438 e. The van der Waals surface area contributed by atoms with Crippen LogP contribution >= 0.6 is 0 Å². The topological polar surface area (TPSA) is 76.0 Å². The Hall–Kier alpha value is -1.25. The van der Waals surface area contributed by atoms with Gasteiger partial charge in [-0.2, -0.15) is 0 Å². The quantitative estimate of drug-likeness (QED) is 0.433. The van der Waals surface area contributed by atoms with E-state index in [2.05, 4.69) is 15.4 Å². The molecular formula is C7H12O5. The zero-order valence-electron chi connectivity index (χ0n) is 6.82. The number of methoxy groups -OCH3 is 1. The minimum absolute atomic E-state index is 0.0350. The maximum Gasteiger partial charge on any atom is 0.508 e. The molecule has 0 aliphatic carbocycles. The number of hydrogen-bond donors (Lipinski definition) is 2. The van der Waals surface area contributed by atoms with Crippen molar-refractivity contribution in [3.63, 3.8) is 0 Å². The Morgan fingerprint density at radius 1 is 1.50 bits per heavy atom. The van der Waals surface area contributed by atoms with E-state index >= 15 is 0 Å². The monoisotopic (exact) mass is 176 g/mol. The fourth-order valence-corrected chi connectivity index (χ4v) is 0.160. The number of ether oxygens (including phenoxy) is 2. The predicted molar refractivity (Wildman–Crippen MR) is 41.4 cm³/mol. The second-order valence-electron chi connectivity index (χ2n) is 1.39. The van der Waals surface area contributed by atoms with Crippen LogP contribution in [-0.4, -0.2) is 43.3 Å². The molecule has 0 radical (unpaired) electrons. The van der Waals surface area contributed by atoms with Gasteiger partial charge in [0.25, 0.3) is 0 Å². The number of rotatable bonds is 2. The number of aliphatic hydroxyl groups is 2. The Morgan fingerprint density at radius 2 is 2.00 bits per heavy atom. The Kier molecular flexibility index (Phi) is 13.8. The summed E-state index contributed by atoms with van der Waals surface area (Å²) in [4.78, 5) is 10.0. The standard InChI is InChI=1S/C5H6O3.C2H6O2/c1-3-4-8-5(6)7-2;3-1-2-4/h1H,4H2,2H3;3-4H,1-2H2. The van der Waals surface area contributed by atoms with Crippen molar-refractivity contribution in [3.8, 4) is 12.3 Å². The Bertz CT molecular complexity index is 135. The van der Waals surface area contributed by atoms with E-state index in [1.807, 2.05) is 0 Å². The fraction of sp³-hybridized carbons (Fsp3) is 0.571. The lowest BCUT2D eigenvalue weighted by Gasteiger charge is -1.94. The molecule has 0 bridgehead atoms. The van der Waals surface area contributed by atoms with E-state index in [0.29, 0.717) is 0 Å². The molecule has 0 atom stereocenters. The van der Waals surface area contributed by atoms with Gasteiger partial charge in [0.15, 0.2) is 6.61 Å². The molecule has 0 aromatic carbocycles. The molecule has 0 aromatic rings. The van der Waals surface area contributed by atoms with Gasteiger partial charge >= 0.3 is 6.16 Å². The molecule has 0 aliphatic heterocycles. The maximum atomic E-state index is 10.0. The summed E-state index contributed by atoms with van der Waals surface area (Å²) in [5, 5.41) is 15.2. The minimum atomic E-state index is -0.747. The molecule has 2 N–H and O–H groups in total. The fourth-order valence-electron chi connectivity index (χ4n) is 0.160. The summed E-state index contributed by atoms with van der Waals surface area (Å²) in [6.45, 7) is -0.285. The van der Waals surface area contributed by atoms with Crippen molar-refractivity contribution >= 4 is 6.16 Å². The van der Waals surface area contributed by atoms with Gasteiger partial charge in [0.1, 0.15) is 0 Å². The first-order valence-electron chi connectivity index (χ1n) is 3.08. The van der Waals surface area contributed by atoms with Crippen LogP contribution < -0.4 is 0 Å². The van der Waals surface area contributed by atoms with Gasteiger partial charge in [-0.3, -0.25) is 0 Å². The summed E-state index contributed by atoms with van der Waals surface area (Å²) in [6.07, 6.45) is 4.00. The van der Waals surface area contributed by atoms with Crippen LogP contribution in [0.2, 0.25) is 0 Å². The molecule has 5 heteroatoms. The number of terminal acetylenes is 1. The van der Waals surface area contributed by atoms with Crippen molar-refractivity contribution in [2.45, 2.75) is 0 Å². The highest BCUT2D eigenvalue weighted by Crippen LogP contribution is 1.78. The second kappa shape index (κ2) is 12.4. The third kappa shape index (κ3) is 15.9. The molecule has 12 heavy (non-hydrogen) atoms. The lowest BCUT2D eigenvalue weighted by atomic mass is 10.8. The van der Waals surface area contributed by atoms with Crippen LogP contribution in [0, 0.1) is 12.3 Å². The number of carbonyl (C=O) groups excluding carboxylic acids is 1. The van der Waals surface area contributed by atoms with Crippen molar-refractivity contribution < 1.29 is 24.5 Å². The molecule has 0 fully saturated rings. The van der Waals surface area contributed by atoms with E-state index in [0.717, 1.165) is 0 Å². The first-order valence-corrected chi connectivity index (χ1v) is 3.08. The first kappa shape index (κ1) is 13.3. The summed E-state index contributed by atoms with van der Waals surface area (Å²) in [5.74, 6) is 2.11. The smallest absolute Gasteiger partial charge is 0.438 e. The molecule has 0 amide bonds. The SMILES string of the molecule is C#CCOC(=O)OC.OCCO. The zero-order valence-corrected chi connectivity index (χ0v) is 6.82. The summed E-state index contributed by atoms with van der Waals surface area (Å²) >= 11 is 0. The summed E-state index contributed by atoms with van der Waals surface area (Å²) in [7, 11) is 1.22. The van der Waals surface area contributed by atoms with Gasteiger partial charge in [-0.05, 0) is 0 Å². The lowest BCUT2D eigenvalue weighted by molar-refractivity contribution is 0.0833. The number of hydrogen-bond acceptors (Lipinski definition) is 5. The third-order valence-electron chi connectivity index (χ3n) is 0.540. The van der Waals surface area contributed by atoms with Crippen LogP contribution in [0.3, 0.4) is 0 Å². The van der Waals surface area contributed by atoms with E-state index < -0.39 is 6.16 Å². The van der Waals surface area contributed by atoms with Crippen molar-refractivity contribution in [1.82, 2.24) is 0 Å². The van der Waals surface area contributed by atoms with Gasteiger partial charge in [-0.25, -0.2) is 4.79 Å². The average molecular weight is 176 g/mol. The normalized spacial score (nSPS) is 7.17. The zero-order chi connectivity index (χ0) is 9.82. The molecule has 0 spiro atoms. The highest BCUT2D eigenvalue weighted by atomic mass is 16.7. The van der Waals surface area contributed by atoms with E-state index in [9.17, 15) is 4.79 Å². The molecular weight excluding hydrogens is 164 g/mol. The molecule has 0 saturated heterocycles. The van der Waals surface area contributed by atoms with Crippen molar-refractivity contribution in [1.29, 1.82) is 0 Å². The van der Waals surface area contributed by atoms with Gasteiger partial charge in [-0.1, -0.05) is 5.92 Å². The van der Waals surface area contributed by atoms with E-state index in [4.69, 9.17) is 16.6 Å². The van der Waals surface area contributed by atoms with Gasteiger partial charge in [0.2, 0.25) is 0 Å². The molecule has 0 saturated carbocycles. The van der Waals surface area contributed by atoms with Crippen molar-refractivity contribution in [3.05, 3.63) is 0 Å². The molecule has 0 unspecified atom stereocenters. The average Bonchev–Trinajstić information content (AvgIpc) is 2.14. The summed E-state index contributed by atoms with van der Waals surface area (Å²) < 4.78 is 8.34. The first-order chi connectivity index (χ1) is 5.72. The largest absolute Gasteiger partial charge is 0.508 e. The van der Waals surface area contributed by atoms with E-state index in [-0.39, 0.29) is 19.8 Å². The maximum absolute atomic E-state index is 10.0. The van der Waals surface area contributed by atoms with Crippen LogP contribution in [0.15, 0.2) is 0 Å². The third-order valence-corrected chi connectivity index (χ3v) is 0.540. The van der Waals surface area contributed by atoms with Gasteiger partial charge in [0, 0.05) is 0 Å². The number of carbonyl (C=O) groups is 1. The van der Waals surface area contributed by atoms with E-state index in [1.165, 1.54) is 7.11 Å². The van der Waals surface area contributed by atoms with E-state index in [1.54, 1.807) is 0 Å². The Labute approximate surface area is 70.9 Å². The van der Waals surface area contributed by atoms with Crippen LogP contribution in [0.4, 0.5) is 4.79 Å². The van der Waals surface area contributed by atoms with Crippen molar-refractivity contribution in [2.75, 3.05) is 26.9 Å². The summed E-state index contributed by atoms with van der Waals surface area (Å²) in [6, 6.07) is 0. The number of aliphatic hydroxyl groups excluding tert-OH is 2. The molecule has 0 rings (SSSR count). The van der Waals surface area contributed by atoms with Crippen LogP contribution in [-0.2, 0) is 9.47 Å². The van der Waals surface area contributed by atoms with Crippen LogP contribution in [0.1, 0.15) is 0 Å². The van der Waals surface area contributed by atoms with Crippen LogP contribution in [0.5, 0.6) is 0 Å². The van der Waals surface area contributed by atoms with Gasteiger partial charge in [0.05, 0.1) is 20.3 Å². The highest BCUT2D eigenvalue weighted by molar-refractivity contribution is 5.59. The molecule has 5 nitrogen and oxygen atoms in total. The predicted octanol–water partition coefficient (Wildman–Crippen LogP) is -0.626. The van der Waals surface area contributed by atoms with Gasteiger partial charge < -0.3 is 19.7 Å². The Balaban J connectivity index is 0. The van der Waals surface area contributed by atoms with Crippen molar-refractivity contribution in [2.24, 2.45) is 0 Å². The lowest BCUT2D eigenvalue weighted by Crippen LogP contribution is -2.03.